The molecule has 0 aliphatic rings. The van der Waals surface area contributed by atoms with E-state index in [0.717, 1.165) is 30.9 Å². The third-order valence-electron chi connectivity index (χ3n) is 2.97. The second kappa shape index (κ2) is 6.45. The third-order valence-corrected chi connectivity index (χ3v) is 3.81. The van der Waals surface area contributed by atoms with Crippen molar-refractivity contribution in [3.63, 3.8) is 0 Å². The van der Waals surface area contributed by atoms with Crippen LogP contribution in [0.3, 0.4) is 0 Å². The van der Waals surface area contributed by atoms with Gasteiger partial charge in [0.05, 0.1) is 16.4 Å². The summed E-state index contributed by atoms with van der Waals surface area (Å²) in [5, 5.41) is 11.1. The molecule has 2 aromatic heterocycles. The van der Waals surface area contributed by atoms with Crippen LogP contribution in [-0.2, 0) is 13.0 Å². The van der Waals surface area contributed by atoms with Gasteiger partial charge in [0.25, 0.3) is 0 Å². The molecule has 0 aliphatic carbocycles. The zero-order valence-electron chi connectivity index (χ0n) is 11.1. The van der Waals surface area contributed by atoms with Crippen molar-refractivity contribution in [1.29, 1.82) is 0 Å². The number of nitrogens with one attached hydrogen (secondary N) is 1. The van der Waals surface area contributed by atoms with Gasteiger partial charge < -0.3 is 5.32 Å². The summed E-state index contributed by atoms with van der Waals surface area (Å²) in [6.07, 6.45) is 4.81. The van der Waals surface area contributed by atoms with Crippen LogP contribution in [-0.4, -0.2) is 21.3 Å². The van der Waals surface area contributed by atoms with E-state index in [1.54, 1.807) is 11.3 Å². The standard InChI is InChI=1S/C15H16N4S/c1-2-4-14(5-3-1)19-10-7-13(18-19)12-16-8-6-15-17-9-11-20-15/h1-5,7,9-11,16H,6,8,12H2. The van der Waals surface area contributed by atoms with Crippen LogP contribution in [0.2, 0.25) is 0 Å². The molecular weight excluding hydrogens is 268 g/mol. The average molecular weight is 284 g/mol. The Morgan fingerprint density at radius 1 is 1.15 bits per heavy atom. The molecule has 0 spiro atoms. The molecular formula is C15H16N4S. The monoisotopic (exact) mass is 284 g/mol. The number of para-hydroxylation sites is 1. The quantitative estimate of drug-likeness (QED) is 0.708. The van der Waals surface area contributed by atoms with Crippen molar-refractivity contribution in [3.8, 4) is 5.69 Å². The molecule has 4 nitrogen and oxygen atoms in total. The van der Waals surface area contributed by atoms with Gasteiger partial charge in [-0.25, -0.2) is 9.67 Å². The number of hydrogen-bond acceptors (Lipinski definition) is 4. The maximum absolute atomic E-state index is 4.56. The molecule has 0 atom stereocenters. The Morgan fingerprint density at radius 2 is 2.05 bits per heavy atom. The fourth-order valence-corrected chi connectivity index (χ4v) is 2.59. The molecule has 0 fully saturated rings. The molecule has 2 heterocycles. The number of nitrogens with zero attached hydrogens (tertiary/aromatic N) is 3. The summed E-state index contributed by atoms with van der Waals surface area (Å²) in [4.78, 5) is 4.26. The summed E-state index contributed by atoms with van der Waals surface area (Å²) in [6.45, 7) is 1.71. The molecule has 0 saturated carbocycles. The fourth-order valence-electron chi connectivity index (χ4n) is 1.97. The molecule has 0 unspecified atom stereocenters. The van der Waals surface area contributed by atoms with Gasteiger partial charge in [-0.1, -0.05) is 18.2 Å². The zero-order chi connectivity index (χ0) is 13.6. The van der Waals surface area contributed by atoms with Gasteiger partial charge >= 0.3 is 0 Å². The minimum absolute atomic E-state index is 0.783. The maximum Gasteiger partial charge on any atom is 0.0937 e. The van der Waals surface area contributed by atoms with E-state index in [1.165, 1.54) is 5.01 Å². The smallest absolute Gasteiger partial charge is 0.0937 e. The van der Waals surface area contributed by atoms with Crippen LogP contribution < -0.4 is 5.32 Å². The van der Waals surface area contributed by atoms with E-state index in [4.69, 9.17) is 0 Å². The van der Waals surface area contributed by atoms with Gasteiger partial charge in [0.2, 0.25) is 0 Å². The summed E-state index contributed by atoms with van der Waals surface area (Å²) in [5.74, 6) is 0. The topological polar surface area (TPSA) is 42.7 Å². The molecule has 5 heteroatoms. The number of thiazole rings is 1. The predicted molar refractivity (Wildman–Crippen MR) is 81.1 cm³/mol. The van der Waals surface area contributed by atoms with E-state index in [0.29, 0.717) is 0 Å². The van der Waals surface area contributed by atoms with Gasteiger partial charge in [0, 0.05) is 37.3 Å². The first kappa shape index (κ1) is 13.0. The van der Waals surface area contributed by atoms with Crippen LogP contribution in [0.1, 0.15) is 10.7 Å². The molecule has 0 bridgehead atoms. The Morgan fingerprint density at radius 3 is 2.85 bits per heavy atom. The predicted octanol–water partition coefficient (Wildman–Crippen LogP) is 2.66. The number of hydrogen-bond donors (Lipinski definition) is 1. The average Bonchev–Trinajstić information content (AvgIpc) is 3.16. The molecule has 1 N–H and O–H groups in total. The highest BCUT2D eigenvalue weighted by atomic mass is 32.1. The van der Waals surface area contributed by atoms with Gasteiger partial charge in [0.1, 0.15) is 0 Å². The van der Waals surface area contributed by atoms with Crippen molar-refractivity contribution in [2.75, 3.05) is 6.54 Å². The third kappa shape index (κ3) is 3.31. The highest BCUT2D eigenvalue weighted by Gasteiger charge is 2.01. The Balaban J connectivity index is 1.50. The molecule has 3 rings (SSSR count). The van der Waals surface area contributed by atoms with E-state index < -0.39 is 0 Å². The maximum atomic E-state index is 4.56. The number of benzene rings is 1. The minimum Gasteiger partial charge on any atom is -0.311 e. The Kier molecular flexibility index (Phi) is 4.20. The zero-order valence-corrected chi connectivity index (χ0v) is 11.9. The molecule has 0 aliphatic heterocycles. The molecule has 0 saturated heterocycles. The van der Waals surface area contributed by atoms with E-state index in [2.05, 4.69) is 15.4 Å². The summed E-state index contributed by atoms with van der Waals surface area (Å²) < 4.78 is 1.90. The van der Waals surface area contributed by atoms with Crippen molar-refractivity contribution in [2.45, 2.75) is 13.0 Å². The lowest BCUT2D eigenvalue weighted by atomic mass is 10.3. The van der Waals surface area contributed by atoms with E-state index in [1.807, 2.05) is 58.9 Å². The fraction of sp³-hybridized carbons (Fsp3) is 0.200. The summed E-state index contributed by atoms with van der Waals surface area (Å²) >= 11 is 1.70. The molecule has 1 aromatic carbocycles. The highest BCUT2D eigenvalue weighted by Crippen LogP contribution is 2.07. The van der Waals surface area contributed by atoms with Gasteiger partial charge in [0.15, 0.2) is 0 Å². The highest BCUT2D eigenvalue weighted by molar-refractivity contribution is 7.09. The lowest BCUT2D eigenvalue weighted by molar-refractivity contribution is 0.664. The van der Waals surface area contributed by atoms with Gasteiger partial charge in [-0.3, -0.25) is 0 Å². The van der Waals surface area contributed by atoms with Crippen LogP contribution in [0.5, 0.6) is 0 Å². The minimum atomic E-state index is 0.783. The first-order valence-electron chi connectivity index (χ1n) is 6.61. The van der Waals surface area contributed by atoms with Crippen LogP contribution >= 0.6 is 11.3 Å². The Hall–Kier alpha value is -1.98. The van der Waals surface area contributed by atoms with E-state index in [-0.39, 0.29) is 0 Å². The summed E-state index contributed by atoms with van der Waals surface area (Å²) in [7, 11) is 0. The van der Waals surface area contributed by atoms with Crippen LogP contribution in [0, 0.1) is 0 Å². The van der Waals surface area contributed by atoms with Crippen LogP contribution in [0.4, 0.5) is 0 Å². The first-order valence-corrected chi connectivity index (χ1v) is 7.49. The number of aromatic nitrogens is 3. The first-order chi connectivity index (χ1) is 9.92. The summed E-state index contributed by atoms with van der Waals surface area (Å²) in [6, 6.07) is 12.2. The second-order valence-corrected chi connectivity index (χ2v) is 5.42. The van der Waals surface area contributed by atoms with Gasteiger partial charge in [-0.05, 0) is 18.2 Å². The molecule has 102 valence electrons. The lowest BCUT2D eigenvalue weighted by Crippen LogP contribution is -2.17. The molecule has 3 aromatic rings. The SMILES string of the molecule is c1ccc(-n2ccc(CNCCc3nccs3)n2)cc1. The Labute approximate surface area is 122 Å². The normalized spacial score (nSPS) is 10.8. The number of rotatable bonds is 6. The van der Waals surface area contributed by atoms with Crippen molar-refractivity contribution in [3.05, 3.63) is 64.9 Å². The molecule has 0 amide bonds. The van der Waals surface area contributed by atoms with Crippen molar-refractivity contribution < 1.29 is 0 Å². The van der Waals surface area contributed by atoms with Crippen molar-refractivity contribution in [1.82, 2.24) is 20.1 Å². The Bertz CT molecular complexity index is 631. The summed E-state index contributed by atoms with van der Waals surface area (Å²) in [5.41, 5.74) is 2.13. The lowest BCUT2D eigenvalue weighted by Gasteiger charge is -2.01. The molecule has 0 radical (unpaired) electrons. The second-order valence-electron chi connectivity index (χ2n) is 4.44. The van der Waals surface area contributed by atoms with Crippen LogP contribution in [0.15, 0.2) is 54.2 Å². The van der Waals surface area contributed by atoms with E-state index >= 15 is 0 Å². The van der Waals surface area contributed by atoms with E-state index in [9.17, 15) is 0 Å². The molecule has 20 heavy (non-hydrogen) atoms. The van der Waals surface area contributed by atoms with Crippen molar-refractivity contribution >= 4 is 11.3 Å². The van der Waals surface area contributed by atoms with Gasteiger partial charge in [-0.2, -0.15) is 5.10 Å². The van der Waals surface area contributed by atoms with Crippen LogP contribution in [0.25, 0.3) is 5.69 Å². The largest absolute Gasteiger partial charge is 0.311 e. The van der Waals surface area contributed by atoms with Crippen molar-refractivity contribution in [2.24, 2.45) is 0 Å². The van der Waals surface area contributed by atoms with Gasteiger partial charge in [-0.15, -0.1) is 11.3 Å².